The van der Waals surface area contributed by atoms with E-state index in [1.54, 1.807) is 0 Å². The van der Waals surface area contributed by atoms with Gasteiger partial charge in [0.05, 0.1) is 0 Å². The van der Waals surface area contributed by atoms with Crippen molar-refractivity contribution in [2.75, 3.05) is 39.3 Å². The van der Waals surface area contributed by atoms with E-state index in [1.807, 2.05) is 0 Å². The van der Waals surface area contributed by atoms with Crippen LogP contribution >= 0.6 is 0 Å². The Kier molecular flexibility index (Phi) is 8.84. The zero-order chi connectivity index (χ0) is 15.7. The van der Waals surface area contributed by atoms with Crippen molar-refractivity contribution in [1.82, 2.24) is 15.1 Å². The van der Waals surface area contributed by atoms with Crippen LogP contribution in [0, 0.1) is 0 Å². The maximum Gasteiger partial charge on any atom is 0.0432 e. The highest BCUT2D eigenvalue weighted by Crippen LogP contribution is 2.25. The fraction of sp³-hybridized carbons (Fsp3) is 1.00. The highest BCUT2D eigenvalue weighted by atomic mass is 15.3. The Bertz CT molecular complexity index is 259. The minimum atomic E-state index is 0.243. The molecule has 0 radical (unpaired) electrons. The Labute approximate surface area is 133 Å². The molecular weight excluding hydrogens is 258 g/mol. The summed E-state index contributed by atoms with van der Waals surface area (Å²) in [6, 6.07) is 0.820. The summed E-state index contributed by atoms with van der Waals surface area (Å²) in [5, 5.41) is 3.60. The van der Waals surface area contributed by atoms with Gasteiger partial charge in [0, 0.05) is 24.7 Å². The predicted octanol–water partition coefficient (Wildman–Crippen LogP) is 3.35. The maximum atomic E-state index is 3.60. The molecule has 0 spiro atoms. The summed E-state index contributed by atoms with van der Waals surface area (Å²) in [7, 11) is 0. The normalized spacial score (nSPS) is 20.1. The minimum absolute atomic E-state index is 0.243. The molecule has 3 nitrogen and oxygen atoms in total. The topological polar surface area (TPSA) is 18.5 Å². The van der Waals surface area contributed by atoms with E-state index in [9.17, 15) is 0 Å². The molecule has 1 fully saturated rings. The van der Waals surface area contributed by atoms with Crippen LogP contribution in [-0.2, 0) is 0 Å². The molecule has 1 saturated carbocycles. The first-order valence-electron chi connectivity index (χ1n) is 9.31. The molecule has 21 heavy (non-hydrogen) atoms. The van der Waals surface area contributed by atoms with Crippen LogP contribution in [0.1, 0.15) is 66.7 Å². The fourth-order valence-corrected chi connectivity index (χ4v) is 4.03. The lowest BCUT2D eigenvalue weighted by atomic mass is 9.91. The van der Waals surface area contributed by atoms with E-state index < -0.39 is 0 Å². The van der Waals surface area contributed by atoms with Crippen molar-refractivity contribution in [2.24, 2.45) is 0 Å². The van der Waals surface area contributed by atoms with Crippen LogP contribution in [0.15, 0.2) is 0 Å². The van der Waals surface area contributed by atoms with Crippen molar-refractivity contribution < 1.29 is 0 Å². The van der Waals surface area contributed by atoms with Gasteiger partial charge in [0.25, 0.3) is 0 Å². The van der Waals surface area contributed by atoms with Crippen molar-refractivity contribution in [1.29, 1.82) is 0 Å². The molecule has 0 amide bonds. The van der Waals surface area contributed by atoms with E-state index >= 15 is 0 Å². The zero-order valence-electron chi connectivity index (χ0n) is 15.2. The summed E-state index contributed by atoms with van der Waals surface area (Å²) in [6.45, 7) is 18.4. The maximum absolute atomic E-state index is 3.60. The smallest absolute Gasteiger partial charge is 0.0432 e. The monoisotopic (exact) mass is 297 g/mol. The van der Waals surface area contributed by atoms with Crippen molar-refractivity contribution >= 4 is 0 Å². The van der Waals surface area contributed by atoms with E-state index in [4.69, 9.17) is 0 Å². The predicted molar refractivity (Wildman–Crippen MR) is 94.0 cm³/mol. The highest BCUT2D eigenvalue weighted by Gasteiger charge is 2.33. The van der Waals surface area contributed by atoms with Crippen LogP contribution < -0.4 is 5.32 Å². The summed E-state index contributed by atoms with van der Waals surface area (Å²) in [5.74, 6) is 0. The van der Waals surface area contributed by atoms with Gasteiger partial charge in [-0.2, -0.15) is 0 Å². The second-order valence-electron chi connectivity index (χ2n) is 6.80. The van der Waals surface area contributed by atoms with Gasteiger partial charge in [0.15, 0.2) is 0 Å². The lowest BCUT2D eigenvalue weighted by Gasteiger charge is -2.46. The molecule has 0 aliphatic heterocycles. The molecular formula is C18H39N3. The van der Waals surface area contributed by atoms with Gasteiger partial charge in [-0.25, -0.2) is 0 Å². The van der Waals surface area contributed by atoms with Crippen molar-refractivity contribution in [2.45, 2.75) is 78.3 Å². The SMILES string of the molecule is CCNCC(C)(CN(CC)C1CCCCC1)N(CC)CC. The molecule has 0 bridgehead atoms. The van der Waals surface area contributed by atoms with E-state index in [2.05, 4.69) is 49.7 Å². The molecule has 1 unspecified atom stereocenters. The third-order valence-electron chi connectivity index (χ3n) is 5.32. The van der Waals surface area contributed by atoms with Crippen LogP contribution in [0.3, 0.4) is 0 Å². The number of nitrogens with one attached hydrogen (secondary N) is 1. The number of nitrogens with zero attached hydrogens (tertiary/aromatic N) is 2. The third kappa shape index (κ3) is 5.54. The summed E-state index contributed by atoms with van der Waals surface area (Å²) >= 11 is 0. The van der Waals surface area contributed by atoms with Crippen LogP contribution in [0.4, 0.5) is 0 Å². The van der Waals surface area contributed by atoms with Crippen LogP contribution in [-0.4, -0.2) is 60.6 Å². The van der Waals surface area contributed by atoms with Crippen LogP contribution in [0.5, 0.6) is 0 Å². The van der Waals surface area contributed by atoms with Gasteiger partial charge in [-0.05, 0) is 45.9 Å². The Hall–Kier alpha value is -0.120. The molecule has 0 saturated heterocycles. The largest absolute Gasteiger partial charge is 0.315 e. The van der Waals surface area contributed by atoms with E-state index in [-0.39, 0.29) is 5.54 Å². The Morgan fingerprint density at radius 2 is 1.57 bits per heavy atom. The minimum Gasteiger partial charge on any atom is -0.315 e. The van der Waals surface area contributed by atoms with Gasteiger partial charge in [-0.3, -0.25) is 9.80 Å². The molecule has 1 N–H and O–H groups in total. The molecule has 1 aliphatic rings. The second kappa shape index (κ2) is 9.81. The summed E-state index contributed by atoms with van der Waals surface area (Å²) < 4.78 is 0. The Morgan fingerprint density at radius 1 is 0.952 bits per heavy atom. The van der Waals surface area contributed by atoms with E-state index in [0.717, 1.165) is 32.2 Å². The van der Waals surface area contributed by atoms with Gasteiger partial charge in [0.2, 0.25) is 0 Å². The summed E-state index contributed by atoms with van der Waals surface area (Å²) in [5.41, 5.74) is 0.243. The number of likely N-dealkylation sites (N-methyl/N-ethyl adjacent to an activating group) is 3. The third-order valence-corrected chi connectivity index (χ3v) is 5.32. The van der Waals surface area contributed by atoms with E-state index in [1.165, 1.54) is 45.2 Å². The first kappa shape index (κ1) is 18.9. The molecule has 0 aromatic heterocycles. The van der Waals surface area contributed by atoms with Crippen LogP contribution in [0.2, 0.25) is 0 Å². The van der Waals surface area contributed by atoms with Gasteiger partial charge < -0.3 is 5.32 Å². The fourth-order valence-electron chi connectivity index (χ4n) is 4.03. The molecule has 1 rings (SSSR count). The second-order valence-corrected chi connectivity index (χ2v) is 6.80. The molecule has 126 valence electrons. The number of rotatable bonds is 10. The molecule has 3 heteroatoms. The zero-order valence-corrected chi connectivity index (χ0v) is 15.2. The molecule has 1 aliphatic carbocycles. The molecule has 0 aromatic rings. The van der Waals surface area contributed by atoms with Gasteiger partial charge >= 0.3 is 0 Å². The average Bonchev–Trinajstić information content (AvgIpc) is 2.53. The Morgan fingerprint density at radius 3 is 2.05 bits per heavy atom. The van der Waals surface area contributed by atoms with E-state index in [0.29, 0.717) is 0 Å². The number of hydrogen-bond donors (Lipinski definition) is 1. The van der Waals surface area contributed by atoms with Gasteiger partial charge in [0.1, 0.15) is 0 Å². The lowest BCUT2D eigenvalue weighted by Crippen LogP contribution is -2.60. The summed E-state index contributed by atoms with van der Waals surface area (Å²) in [6.07, 6.45) is 7.11. The first-order chi connectivity index (χ1) is 10.1. The van der Waals surface area contributed by atoms with Crippen LogP contribution in [0.25, 0.3) is 0 Å². The first-order valence-corrected chi connectivity index (χ1v) is 9.31. The molecule has 1 atom stereocenters. The highest BCUT2D eigenvalue weighted by molar-refractivity contribution is 4.92. The molecule has 0 aromatic carbocycles. The Balaban J connectivity index is 2.75. The molecule has 0 heterocycles. The van der Waals surface area contributed by atoms with Crippen molar-refractivity contribution in [3.63, 3.8) is 0 Å². The van der Waals surface area contributed by atoms with Gasteiger partial charge in [-0.15, -0.1) is 0 Å². The van der Waals surface area contributed by atoms with Crippen molar-refractivity contribution in [3.8, 4) is 0 Å². The van der Waals surface area contributed by atoms with Gasteiger partial charge in [-0.1, -0.05) is 47.0 Å². The van der Waals surface area contributed by atoms with Crippen molar-refractivity contribution in [3.05, 3.63) is 0 Å². The quantitative estimate of drug-likeness (QED) is 0.667. The number of hydrogen-bond acceptors (Lipinski definition) is 3. The average molecular weight is 298 g/mol. The lowest BCUT2D eigenvalue weighted by molar-refractivity contribution is 0.0437. The standard InChI is InChI=1S/C18H39N3/c1-6-19-15-18(5,21(8-3)9-4)16-20(7-2)17-13-11-10-12-14-17/h17,19H,6-16H2,1-5H3. The summed E-state index contributed by atoms with van der Waals surface area (Å²) in [4.78, 5) is 5.40.